The summed E-state index contributed by atoms with van der Waals surface area (Å²) in [7, 11) is 0. The molecule has 1 saturated heterocycles. The van der Waals surface area contributed by atoms with Crippen molar-refractivity contribution >= 4 is 11.6 Å². The molecule has 6 heteroatoms. The van der Waals surface area contributed by atoms with Gasteiger partial charge in [-0.2, -0.15) is 0 Å². The Morgan fingerprint density at radius 3 is 2.62 bits per heavy atom. The van der Waals surface area contributed by atoms with Gasteiger partial charge in [0, 0.05) is 48.9 Å². The molecule has 0 atom stereocenters. The lowest BCUT2D eigenvalue weighted by Crippen LogP contribution is -2.49. The first kappa shape index (κ1) is 15.4. The second kappa shape index (κ2) is 7.11. The van der Waals surface area contributed by atoms with Crippen molar-refractivity contribution in [1.82, 2.24) is 9.80 Å². The predicted octanol–water partition coefficient (Wildman–Crippen LogP) is 3.00. The van der Waals surface area contributed by atoms with Crippen LogP contribution in [0.1, 0.15) is 24.2 Å². The lowest BCUT2D eigenvalue weighted by Gasteiger charge is -2.35. The molecular formula is C15H20N5O. The molecule has 0 aliphatic carbocycles. The maximum Gasteiger partial charge on any atom is 0.253 e. The van der Waals surface area contributed by atoms with Crippen LogP contribution in [0.2, 0.25) is 0 Å². The van der Waals surface area contributed by atoms with E-state index >= 15 is 0 Å². The predicted molar refractivity (Wildman–Crippen MR) is 82.2 cm³/mol. The van der Waals surface area contributed by atoms with Crippen molar-refractivity contribution in [3.63, 3.8) is 0 Å². The van der Waals surface area contributed by atoms with E-state index < -0.39 is 0 Å². The normalized spacial score (nSPS) is 15.9. The Kier molecular flexibility index (Phi) is 5.20. The van der Waals surface area contributed by atoms with E-state index in [4.69, 9.17) is 5.53 Å². The summed E-state index contributed by atoms with van der Waals surface area (Å²) in [6, 6.07) is 6.82. The number of benzene rings is 1. The summed E-state index contributed by atoms with van der Waals surface area (Å²) in [6.07, 6.45) is 0. The molecule has 2 rings (SSSR count). The standard InChI is InChI=1S/C15H20N5O/c1-12(2)11-19-6-8-20(9-7-19)15(21)13-4-3-5-14(10-13)17-18-16/h3-5,10H,6-9,11H2,1-2H3. The van der Waals surface area contributed by atoms with Gasteiger partial charge in [-0.1, -0.05) is 31.1 Å². The van der Waals surface area contributed by atoms with Crippen LogP contribution in [0.25, 0.3) is 10.4 Å². The molecule has 0 unspecified atom stereocenters. The van der Waals surface area contributed by atoms with E-state index in [9.17, 15) is 4.79 Å². The number of nitrogens with zero attached hydrogens (tertiary/aromatic N) is 5. The van der Waals surface area contributed by atoms with Crippen LogP contribution in [0.3, 0.4) is 0 Å². The summed E-state index contributed by atoms with van der Waals surface area (Å²) in [5.74, 6) is 1.39. The zero-order chi connectivity index (χ0) is 15.2. The van der Waals surface area contributed by atoms with Gasteiger partial charge in [-0.25, -0.2) is 0 Å². The molecule has 0 N–H and O–H groups in total. The largest absolute Gasteiger partial charge is 0.336 e. The molecule has 0 spiro atoms. The van der Waals surface area contributed by atoms with Gasteiger partial charge in [0.2, 0.25) is 0 Å². The smallest absolute Gasteiger partial charge is 0.253 e. The summed E-state index contributed by atoms with van der Waals surface area (Å²) in [6.45, 7) is 8.50. The van der Waals surface area contributed by atoms with Gasteiger partial charge in [0.05, 0.1) is 0 Å². The van der Waals surface area contributed by atoms with Gasteiger partial charge in [-0.3, -0.25) is 9.69 Å². The lowest BCUT2D eigenvalue weighted by molar-refractivity contribution is 0.0643. The fourth-order valence-electron chi connectivity index (χ4n) is 2.49. The first-order valence-corrected chi connectivity index (χ1v) is 7.06. The van der Waals surface area contributed by atoms with Gasteiger partial charge in [0.15, 0.2) is 0 Å². The minimum atomic E-state index is 0.00170. The lowest BCUT2D eigenvalue weighted by atomic mass is 10.1. The number of piperazine rings is 1. The van der Waals surface area contributed by atoms with E-state index in [0.717, 1.165) is 32.7 Å². The zero-order valence-corrected chi connectivity index (χ0v) is 12.5. The topological polar surface area (TPSA) is 72.3 Å². The summed E-state index contributed by atoms with van der Waals surface area (Å²) >= 11 is 0. The maximum atomic E-state index is 12.5. The van der Waals surface area contributed by atoms with Crippen LogP contribution in [0, 0.1) is 5.92 Å². The van der Waals surface area contributed by atoms with E-state index in [2.05, 4.69) is 28.8 Å². The van der Waals surface area contributed by atoms with E-state index in [1.807, 2.05) is 4.90 Å². The maximum absolute atomic E-state index is 12.5. The molecule has 6 nitrogen and oxygen atoms in total. The highest BCUT2D eigenvalue weighted by atomic mass is 16.2. The highest BCUT2D eigenvalue weighted by Gasteiger charge is 2.22. The SMILES string of the molecule is C[C](C)CN1CCN(C(=O)c2cccc(N=[N+]=[N-])c2)CC1. The van der Waals surface area contributed by atoms with Crippen molar-refractivity contribution < 1.29 is 4.79 Å². The Hall–Kier alpha value is -2.04. The third-order valence-electron chi connectivity index (χ3n) is 3.45. The van der Waals surface area contributed by atoms with Crippen molar-refractivity contribution in [2.45, 2.75) is 13.8 Å². The molecule has 1 aromatic rings. The molecule has 111 valence electrons. The summed E-state index contributed by atoms with van der Waals surface area (Å²) < 4.78 is 0. The minimum Gasteiger partial charge on any atom is -0.336 e. The highest BCUT2D eigenvalue weighted by molar-refractivity contribution is 5.95. The number of hydrogen-bond donors (Lipinski definition) is 0. The molecule has 21 heavy (non-hydrogen) atoms. The van der Waals surface area contributed by atoms with Gasteiger partial charge in [-0.05, 0) is 23.6 Å². The van der Waals surface area contributed by atoms with Crippen molar-refractivity contribution in [1.29, 1.82) is 0 Å². The monoisotopic (exact) mass is 286 g/mol. The van der Waals surface area contributed by atoms with Crippen molar-refractivity contribution in [3.05, 3.63) is 46.2 Å². The van der Waals surface area contributed by atoms with E-state index in [1.54, 1.807) is 24.3 Å². The third-order valence-corrected chi connectivity index (χ3v) is 3.45. The second-order valence-corrected chi connectivity index (χ2v) is 5.52. The molecule has 1 aliphatic heterocycles. The van der Waals surface area contributed by atoms with E-state index in [-0.39, 0.29) is 5.91 Å². The average molecular weight is 286 g/mol. The molecule has 1 amide bonds. The number of azide groups is 1. The number of carbonyl (C=O) groups is 1. The van der Waals surface area contributed by atoms with Crippen LogP contribution in [0.4, 0.5) is 5.69 Å². The van der Waals surface area contributed by atoms with Gasteiger partial charge in [0.25, 0.3) is 5.91 Å². The first-order chi connectivity index (χ1) is 10.1. The molecular weight excluding hydrogens is 266 g/mol. The van der Waals surface area contributed by atoms with Crippen molar-refractivity contribution in [2.75, 3.05) is 32.7 Å². The minimum absolute atomic E-state index is 0.00170. The van der Waals surface area contributed by atoms with Gasteiger partial charge in [0.1, 0.15) is 0 Å². The number of hydrogen-bond acceptors (Lipinski definition) is 3. The molecule has 1 heterocycles. The molecule has 0 bridgehead atoms. The Labute approximate surface area is 125 Å². The molecule has 1 fully saturated rings. The molecule has 0 saturated carbocycles. The van der Waals surface area contributed by atoms with E-state index in [1.165, 1.54) is 5.92 Å². The summed E-state index contributed by atoms with van der Waals surface area (Å²) in [4.78, 5) is 19.4. The van der Waals surface area contributed by atoms with Crippen LogP contribution in [0.15, 0.2) is 29.4 Å². The van der Waals surface area contributed by atoms with Crippen LogP contribution in [-0.4, -0.2) is 48.4 Å². The third kappa shape index (κ3) is 4.21. The summed E-state index contributed by atoms with van der Waals surface area (Å²) in [5, 5.41) is 3.54. The van der Waals surface area contributed by atoms with Crippen LogP contribution < -0.4 is 0 Å². The van der Waals surface area contributed by atoms with Gasteiger partial charge < -0.3 is 4.90 Å². The molecule has 1 aliphatic rings. The first-order valence-electron chi connectivity index (χ1n) is 7.06. The van der Waals surface area contributed by atoms with Crippen LogP contribution >= 0.6 is 0 Å². The Balaban J connectivity index is 1.98. The number of carbonyl (C=O) groups excluding carboxylic acids is 1. The quantitative estimate of drug-likeness (QED) is 0.485. The second-order valence-electron chi connectivity index (χ2n) is 5.52. The number of rotatable bonds is 4. The van der Waals surface area contributed by atoms with Crippen molar-refractivity contribution in [2.24, 2.45) is 5.11 Å². The number of amides is 1. The van der Waals surface area contributed by atoms with Crippen LogP contribution in [0.5, 0.6) is 0 Å². The van der Waals surface area contributed by atoms with Gasteiger partial charge in [-0.15, -0.1) is 0 Å². The van der Waals surface area contributed by atoms with E-state index in [0.29, 0.717) is 11.3 Å². The Morgan fingerprint density at radius 2 is 2.00 bits per heavy atom. The zero-order valence-electron chi connectivity index (χ0n) is 12.5. The molecule has 1 aromatic carbocycles. The Bertz CT molecular complexity index is 543. The fraction of sp³-hybridized carbons (Fsp3) is 0.467. The van der Waals surface area contributed by atoms with Crippen molar-refractivity contribution in [3.8, 4) is 0 Å². The van der Waals surface area contributed by atoms with Gasteiger partial charge >= 0.3 is 0 Å². The van der Waals surface area contributed by atoms with Crippen LogP contribution in [-0.2, 0) is 0 Å². The fourth-order valence-corrected chi connectivity index (χ4v) is 2.49. The summed E-state index contributed by atoms with van der Waals surface area (Å²) in [5.41, 5.74) is 9.50. The molecule has 0 aromatic heterocycles. The molecule has 1 radical (unpaired) electrons. The average Bonchev–Trinajstić information content (AvgIpc) is 2.47. The Morgan fingerprint density at radius 1 is 1.29 bits per heavy atom. The highest BCUT2D eigenvalue weighted by Crippen LogP contribution is 2.17.